The van der Waals surface area contributed by atoms with E-state index >= 15 is 0 Å². The molecule has 168 valence electrons. The summed E-state index contributed by atoms with van der Waals surface area (Å²) in [6.07, 6.45) is 2.94. The number of aromatic nitrogens is 1. The summed E-state index contributed by atoms with van der Waals surface area (Å²) < 4.78 is 30.1. The Morgan fingerprint density at radius 2 is 1.75 bits per heavy atom. The van der Waals surface area contributed by atoms with E-state index in [0.29, 0.717) is 18.6 Å². The second-order valence-electron chi connectivity index (χ2n) is 8.62. The maximum absolute atomic E-state index is 13.0. The minimum atomic E-state index is -3.62. The molecule has 6 nitrogen and oxygen atoms in total. The van der Waals surface area contributed by atoms with Crippen molar-refractivity contribution < 1.29 is 17.9 Å². The molecule has 0 unspecified atom stereocenters. The Morgan fingerprint density at radius 3 is 2.47 bits per heavy atom. The second kappa shape index (κ2) is 8.30. The van der Waals surface area contributed by atoms with Crippen LogP contribution in [0.1, 0.15) is 37.8 Å². The van der Waals surface area contributed by atoms with Crippen LogP contribution in [-0.2, 0) is 39.1 Å². The summed E-state index contributed by atoms with van der Waals surface area (Å²) in [5, 5.41) is 1.37. The van der Waals surface area contributed by atoms with Gasteiger partial charge in [0.2, 0.25) is 0 Å². The molecule has 0 fully saturated rings. The van der Waals surface area contributed by atoms with Crippen LogP contribution in [0.15, 0.2) is 53.5 Å². The molecule has 4 rings (SSSR count). The third-order valence-corrected chi connectivity index (χ3v) is 8.66. The lowest BCUT2D eigenvalue weighted by Gasteiger charge is -2.26. The molecular formula is C25H27NO5S. The van der Waals surface area contributed by atoms with E-state index in [2.05, 4.69) is 18.2 Å². The normalized spacial score (nSPS) is 15.5. The van der Waals surface area contributed by atoms with Crippen LogP contribution in [0, 0.1) is 0 Å². The second-order valence-corrected chi connectivity index (χ2v) is 11.1. The number of Topliss-reactive ketones (excluding diaryl/α,β-unsaturated/α-hetero) is 1. The van der Waals surface area contributed by atoms with Crippen LogP contribution in [0.4, 0.5) is 0 Å². The van der Waals surface area contributed by atoms with Gasteiger partial charge in [-0.25, -0.2) is 8.42 Å². The number of hydrogen-bond acceptors (Lipinski definition) is 5. The zero-order valence-electron chi connectivity index (χ0n) is 18.6. The van der Waals surface area contributed by atoms with Gasteiger partial charge in [-0.3, -0.25) is 9.59 Å². The van der Waals surface area contributed by atoms with E-state index in [1.807, 2.05) is 18.2 Å². The number of benzene rings is 2. The quantitative estimate of drug-likeness (QED) is 0.542. The molecule has 0 saturated heterocycles. The zero-order chi connectivity index (χ0) is 23.1. The van der Waals surface area contributed by atoms with Gasteiger partial charge in [0.15, 0.2) is 15.6 Å². The van der Waals surface area contributed by atoms with Crippen LogP contribution >= 0.6 is 0 Å². The average molecular weight is 454 g/mol. The van der Waals surface area contributed by atoms with Crippen molar-refractivity contribution in [3.8, 4) is 11.1 Å². The SMILES string of the molecule is CCC(=O)[C@@](C)(CCn1ccc2cc(-c3ccc4c(c3)COC4)ccc2c1=O)S(C)(=O)=O. The van der Waals surface area contributed by atoms with E-state index in [9.17, 15) is 18.0 Å². The molecule has 32 heavy (non-hydrogen) atoms. The average Bonchev–Trinajstić information content (AvgIpc) is 3.24. The number of nitrogens with zero attached hydrogens (tertiary/aromatic N) is 1. The van der Waals surface area contributed by atoms with Crippen LogP contribution in [-0.4, -0.2) is 29.8 Å². The minimum Gasteiger partial charge on any atom is -0.372 e. The van der Waals surface area contributed by atoms with Crippen molar-refractivity contribution in [1.82, 2.24) is 4.57 Å². The highest BCUT2D eigenvalue weighted by molar-refractivity contribution is 7.92. The number of ketones is 1. The summed E-state index contributed by atoms with van der Waals surface area (Å²) >= 11 is 0. The van der Waals surface area contributed by atoms with Crippen molar-refractivity contribution in [2.24, 2.45) is 0 Å². The van der Waals surface area contributed by atoms with Gasteiger partial charge in [0.1, 0.15) is 4.75 Å². The number of pyridine rings is 1. The van der Waals surface area contributed by atoms with Gasteiger partial charge in [-0.15, -0.1) is 0 Å². The number of carbonyl (C=O) groups is 1. The van der Waals surface area contributed by atoms with Crippen LogP contribution < -0.4 is 5.56 Å². The molecule has 0 aliphatic carbocycles. The Kier molecular flexibility index (Phi) is 5.81. The number of hydrogen-bond donors (Lipinski definition) is 0. The van der Waals surface area contributed by atoms with Crippen molar-refractivity contribution >= 4 is 26.4 Å². The fraction of sp³-hybridized carbons (Fsp3) is 0.360. The summed E-state index contributed by atoms with van der Waals surface area (Å²) in [7, 11) is -3.62. The first-order valence-corrected chi connectivity index (χ1v) is 12.6. The van der Waals surface area contributed by atoms with E-state index in [1.54, 1.807) is 19.2 Å². The first-order valence-electron chi connectivity index (χ1n) is 10.7. The lowest BCUT2D eigenvalue weighted by Crippen LogP contribution is -2.44. The van der Waals surface area contributed by atoms with Crippen molar-refractivity contribution in [2.45, 2.75) is 51.2 Å². The van der Waals surface area contributed by atoms with Gasteiger partial charge >= 0.3 is 0 Å². The molecule has 7 heteroatoms. The molecule has 1 atom stereocenters. The van der Waals surface area contributed by atoms with Crippen LogP contribution in [0.3, 0.4) is 0 Å². The van der Waals surface area contributed by atoms with Gasteiger partial charge in [-0.1, -0.05) is 25.1 Å². The molecule has 3 aromatic rings. The number of carbonyl (C=O) groups excluding carboxylic acids is 1. The van der Waals surface area contributed by atoms with E-state index in [-0.39, 0.29) is 30.7 Å². The number of ether oxygens (including phenoxy) is 1. The van der Waals surface area contributed by atoms with Crippen LogP contribution in [0.25, 0.3) is 21.9 Å². The fourth-order valence-electron chi connectivity index (χ4n) is 4.23. The monoisotopic (exact) mass is 453 g/mol. The van der Waals surface area contributed by atoms with Gasteiger partial charge < -0.3 is 9.30 Å². The molecule has 1 aliphatic heterocycles. The van der Waals surface area contributed by atoms with Gasteiger partial charge in [0.05, 0.1) is 13.2 Å². The van der Waals surface area contributed by atoms with E-state index in [0.717, 1.165) is 22.8 Å². The van der Waals surface area contributed by atoms with Crippen LogP contribution in [0.2, 0.25) is 0 Å². The standard InChI is InChI=1S/C25H27NO5S/c1-4-23(27)25(2,32(3,29)30)10-12-26-11-9-19-13-18(7-8-22(19)24(26)28)17-5-6-20-15-31-16-21(20)14-17/h5-9,11,13-14H,4,10,12,15-16H2,1-3H3/t25-/m1/s1. The summed E-state index contributed by atoms with van der Waals surface area (Å²) in [4.78, 5) is 25.4. The summed E-state index contributed by atoms with van der Waals surface area (Å²) in [5.41, 5.74) is 4.29. The number of aryl methyl sites for hydroxylation is 1. The molecule has 2 heterocycles. The molecule has 0 N–H and O–H groups in total. The van der Waals surface area contributed by atoms with Gasteiger partial charge in [0.25, 0.3) is 5.56 Å². The van der Waals surface area contributed by atoms with Gasteiger partial charge in [-0.2, -0.15) is 0 Å². The highest BCUT2D eigenvalue weighted by atomic mass is 32.2. The van der Waals surface area contributed by atoms with Gasteiger partial charge in [0, 0.05) is 30.8 Å². The fourth-order valence-corrected chi connectivity index (χ4v) is 5.25. The third kappa shape index (κ3) is 3.91. The lowest BCUT2D eigenvalue weighted by molar-refractivity contribution is -0.121. The molecule has 0 bridgehead atoms. The molecule has 1 aliphatic rings. The number of sulfone groups is 1. The molecule has 2 aromatic carbocycles. The lowest BCUT2D eigenvalue weighted by atomic mass is 9.98. The predicted octanol–water partition coefficient (Wildman–Crippen LogP) is 3.87. The molecule has 0 spiro atoms. The first kappa shape index (κ1) is 22.4. The predicted molar refractivity (Wildman–Crippen MR) is 125 cm³/mol. The van der Waals surface area contributed by atoms with Crippen molar-refractivity contribution in [1.29, 1.82) is 0 Å². The summed E-state index contributed by atoms with van der Waals surface area (Å²) in [5.74, 6) is -0.335. The summed E-state index contributed by atoms with van der Waals surface area (Å²) in [6, 6.07) is 13.8. The van der Waals surface area contributed by atoms with Crippen molar-refractivity contribution in [3.05, 3.63) is 70.1 Å². The Labute approximate surface area is 187 Å². The van der Waals surface area contributed by atoms with Crippen molar-refractivity contribution in [3.63, 3.8) is 0 Å². The maximum Gasteiger partial charge on any atom is 0.258 e. The van der Waals surface area contributed by atoms with Crippen molar-refractivity contribution in [2.75, 3.05) is 6.26 Å². The summed E-state index contributed by atoms with van der Waals surface area (Å²) in [6.45, 7) is 4.52. The Bertz CT molecular complexity index is 1370. The highest BCUT2D eigenvalue weighted by Crippen LogP contribution is 2.29. The first-order chi connectivity index (χ1) is 15.1. The zero-order valence-corrected chi connectivity index (χ0v) is 19.4. The van der Waals surface area contributed by atoms with E-state index in [1.165, 1.54) is 22.6 Å². The smallest absolute Gasteiger partial charge is 0.258 e. The molecule has 0 amide bonds. The number of rotatable bonds is 7. The largest absolute Gasteiger partial charge is 0.372 e. The van der Waals surface area contributed by atoms with Gasteiger partial charge in [-0.05, 0) is 65.3 Å². The molecular weight excluding hydrogens is 426 g/mol. The maximum atomic E-state index is 13.0. The minimum absolute atomic E-state index is 0.0548. The molecule has 0 saturated carbocycles. The van der Waals surface area contributed by atoms with E-state index in [4.69, 9.17) is 4.74 Å². The Morgan fingerprint density at radius 1 is 1.06 bits per heavy atom. The van der Waals surface area contributed by atoms with E-state index < -0.39 is 14.6 Å². The molecule has 0 radical (unpaired) electrons. The topological polar surface area (TPSA) is 82.4 Å². The Hall–Kier alpha value is -2.77. The van der Waals surface area contributed by atoms with Crippen LogP contribution in [0.5, 0.6) is 0 Å². The number of fused-ring (bicyclic) bond motifs is 2. The highest BCUT2D eigenvalue weighted by Gasteiger charge is 2.41. The molecule has 1 aromatic heterocycles. The Balaban J connectivity index is 1.64. The third-order valence-electron chi connectivity index (χ3n) is 6.59.